The predicted octanol–water partition coefficient (Wildman–Crippen LogP) is 4.83. The summed E-state index contributed by atoms with van der Waals surface area (Å²) in [6, 6.07) is 19.5. The smallest absolute Gasteiger partial charge is 0.337 e. The Bertz CT molecular complexity index is 1800. The average molecular weight is 597 g/mol. The van der Waals surface area contributed by atoms with Crippen LogP contribution in [0.2, 0.25) is 0 Å². The van der Waals surface area contributed by atoms with Crippen LogP contribution >= 0.6 is 0 Å². The molecule has 4 aromatic rings. The maximum Gasteiger partial charge on any atom is 0.337 e. The Hall–Kier alpha value is -6.30. The molecule has 4 aromatic carbocycles. The Labute approximate surface area is 249 Å². The second-order valence-corrected chi connectivity index (χ2v) is 9.18. The molecule has 0 saturated carbocycles. The van der Waals surface area contributed by atoms with Crippen LogP contribution < -0.4 is 10.6 Å². The third kappa shape index (κ3) is 6.77. The highest BCUT2D eigenvalue weighted by Gasteiger charge is 2.21. The lowest BCUT2D eigenvalue weighted by Gasteiger charge is -2.13. The molecule has 44 heavy (non-hydrogen) atoms. The maximum atomic E-state index is 13.1. The largest absolute Gasteiger partial charge is 0.478 e. The van der Waals surface area contributed by atoms with Crippen molar-refractivity contribution in [2.24, 2.45) is 0 Å². The van der Waals surface area contributed by atoms with Crippen molar-refractivity contribution >= 4 is 47.1 Å². The highest BCUT2D eigenvalue weighted by molar-refractivity contribution is 6.13. The molecule has 0 radical (unpaired) electrons. The number of carbonyl (C=O) groups is 6. The fourth-order valence-electron chi connectivity index (χ4n) is 4.21. The number of benzene rings is 4. The lowest BCUT2D eigenvalue weighted by molar-refractivity contribution is 0.0592. The number of methoxy groups -OCH3 is 2. The topological polar surface area (TPSA) is 185 Å². The summed E-state index contributed by atoms with van der Waals surface area (Å²) in [5.41, 5.74) is 0.714. The Morgan fingerprint density at radius 2 is 0.886 bits per heavy atom. The number of aromatic carboxylic acids is 2. The zero-order chi connectivity index (χ0) is 32.0. The van der Waals surface area contributed by atoms with Crippen molar-refractivity contribution in [2.75, 3.05) is 24.9 Å². The van der Waals surface area contributed by atoms with Gasteiger partial charge >= 0.3 is 23.9 Å². The van der Waals surface area contributed by atoms with Crippen molar-refractivity contribution in [1.29, 1.82) is 0 Å². The standard InChI is InChI=1S/C32H24N2O10/c1-43-31(41)17-3-9-21(10-4-17)33-27(35)23-13-7-20(16-26(23)30(39)40)19-8-14-24(29(37)38)25(15-19)28(36)34-22-11-5-18(6-12-22)32(42)44-2/h3-16H,1-2H3,(H,33,35)(H,34,36)(H,37,38)(H,39,40). The summed E-state index contributed by atoms with van der Waals surface area (Å²) in [5.74, 6) is -5.36. The van der Waals surface area contributed by atoms with Crippen molar-refractivity contribution in [3.05, 3.63) is 118 Å². The van der Waals surface area contributed by atoms with Gasteiger partial charge in [-0.1, -0.05) is 12.1 Å². The molecular formula is C32H24N2O10. The number of hydrogen-bond donors (Lipinski definition) is 4. The number of ether oxygens (including phenoxy) is 2. The number of carboxylic acid groups (broad SMARTS) is 2. The lowest BCUT2D eigenvalue weighted by atomic mass is 9.95. The highest BCUT2D eigenvalue weighted by atomic mass is 16.5. The van der Waals surface area contributed by atoms with Gasteiger partial charge in [0.15, 0.2) is 0 Å². The second kappa shape index (κ2) is 13.1. The quantitative estimate of drug-likeness (QED) is 0.195. The number of carboxylic acids is 2. The first-order valence-electron chi connectivity index (χ1n) is 12.8. The summed E-state index contributed by atoms with van der Waals surface area (Å²) in [4.78, 5) is 73.4. The monoisotopic (exact) mass is 596 g/mol. The molecule has 0 aliphatic carbocycles. The first-order valence-corrected chi connectivity index (χ1v) is 12.8. The molecule has 0 atom stereocenters. The van der Waals surface area contributed by atoms with Gasteiger partial charge < -0.3 is 30.3 Å². The molecule has 12 nitrogen and oxygen atoms in total. The van der Waals surface area contributed by atoms with Crippen molar-refractivity contribution in [1.82, 2.24) is 0 Å². The molecule has 4 rings (SSSR count). The molecule has 0 aliphatic rings. The summed E-state index contributed by atoms with van der Waals surface area (Å²) in [7, 11) is 2.47. The van der Waals surface area contributed by atoms with Crippen LogP contribution in [0, 0.1) is 0 Å². The van der Waals surface area contributed by atoms with Crippen molar-refractivity contribution < 1.29 is 48.5 Å². The second-order valence-electron chi connectivity index (χ2n) is 9.18. The van der Waals surface area contributed by atoms with Gasteiger partial charge in [0, 0.05) is 11.4 Å². The van der Waals surface area contributed by atoms with E-state index in [-0.39, 0.29) is 39.1 Å². The first kappa shape index (κ1) is 30.7. The van der Waals surface area contributed by atoms with E-state index in [9.17, 15) is 39.0 Å². The molecule has 0 saturated heterocycles. The third-order valence-corrected chi connectivity index (χ3v) is 6.45. The van der Waals surface area contributed by atoms with Gasteiger partial charge in [0.2, 0.25) is 0 Å². The van der Waals surface area contributed by atoms with Crippen LogP contribution in [-0.2, 0) is 9.47 Å². The van der Waals surface area contributed by atoms with E-state index in [1.165, 1.54) is 99.1 Å². The lowest BCUT2D eigenvalue weighted by Crippen LogP contribution is -2.17. The Kier molecular flexibility index (Phi) is 9.14. The number of carbonyl (C=O) groups excluding carboxylic acids is 4. The van der Waals surface area contributed by atoms with Gasteiger partial charge in [-0.25, -0.2) is 19.2 Å². The molecule has 0 spiro atoms. The van der Waals surface area contributed by atoms with Crippen LogP contribution in [0.5, 0.6) is 0 Å². The molecule has 0 fully saturated rings. The SMILES string of the molecule is COC(=O)c1ccc(NC(=O)c2ccc(-c3ccc(C(=O)O)c(C(=O)Nc4ccc(C(=O)OC)cc4)c3)cc2C(=O)O)cc1. The van der Waals surface area contributed by atoms with Gasteiger partial charge in [0.1, 0.15) is 0 Å². The highest BCUT2D eigenvalue weighted by Crippen LogP contribution is 2.27. The van der Waals surface area contributed by atoms with Gasteiger partial charge in [-0.05, 0) is 83.9 Å². The van der Waals surface area contributed by atoms with E-state index in [4.69, 9.17) is 0 Å². The minimum atomic E-state index is -1.39. The fourth-order valence-corrected chi connectivity index (χ4v) is 4.21. The molecule has 12 heteroatoms. The molecule has 0 unspecified atom stereocenters. The van der Waals surface area contributed by atoms with E-state index < -0.39 is 35.7 Å². The fraction of sp³-hybridized carbons (Fsp3) is 0.0625. The molecule has 2 amide bonds. The number of nitrogens with one attached hydrogen (secondary N) is 2. The molecule has 0 aromatic heterocycles. The van der Waals surface area contributed by atoms with Gasteiger partial charge in [-0.2, -0.15) is 0 Å². The van der Waals surface area contributed by atoms with Crippen LogP contribution in [-0.4, -0.2) is 60.1 Å². The van der Waals surface area contributed by atoms with E-state index in [2.05, 4.69) is 20.1 Å². The molecular weight excluding hydrogens is 572 g/mol. The summed E-state index contributed by atoms with van der Waals surface area (Å²) >= 11 is 0. The molecule has 4 N–H and O–H groups in total. The van der Waals surface area contributed by atoms with Gasteiger partial charge in [0.05, 0.1) is 47.6 Å². The Balaban J connectivity index is 1.62. The average Bonchev–Trinajstić information content (AvgIpc) is 3.03. The number of amides is 2. The van der Waals surface area contributed by atoms with Crippen molar-refractivity contribution in [3.63, 3.8) is 0 Å². The number of hydrogen-bond acceptors (Lipinski definition) is 8. The minimum Gasteiger partial charge on any atom is -0.478 e. The molecule has 0 aliphatic heterocycles. The van der Waals surface area contributed by atoms with E-state index in [1.54, 1.807) is 0 Å². The number of rotatable bonds is 9. The molecule has 0 heterocycles. The third-order valence-electron chi connectivity index (χ3n) is 6.45. The molecule has 222 valence electrons. The number of esters is 2. The van der Waals surface area contributed by atoms with Crippen molar-refractivity contribution in [2.45, 2.75) is 0 Å². The Morgan fingerprint density at radius 1 is 0.500 bits per heavy atom. The minimum absolute atomic E-state index is 0.159. The summed E-state index contributed by atoms with van der Waals surface area (Å²) < 4.78 is 9.28. The number of anilines is 2. The zero-order valence-corrected chi connectivity index (χ0v) is 23.2. The molecule has 0 bridgehead atoms. The van der Waals surface area contributed by atoms with E-state index in [1.807, 2.05) is 0 Å². The van der Waals surface area contributed by atoms with Crippen LogP contribution in [0.1, 0.15) is 62.1 Å². The first-order chi connectivity index (χ1) is 21.0. The van der Waals surface area contributed by atoms with E-state index in [0.29, 0.717) is 16.8 Å². The Morgan fingerprint density at radius 3 is 1.30 bits per heavy atom. The van der Waals surface area contributed by atoms with E-state index >= 15 is 0 Å². The van der Waals surface area contributed by atoms with Gasteiger partial charge in [0.25, 0.3) is 11.8 Å². The van der Waals surface area contributed by atoms with Gasteiger partial charge in [-0.3, -0.25) is 9.59 Å². The normalized spacial score (nSPS) is 10.3. The summed E-state index contributed by atoms with van der Waals surface area (Å²) in [5, 5.41) is 24.7. The van der Waals surface area contributed by atoms with Crippen LogP contribution in [0.4, 0.5) is 11.4 Å². The maximum absolute atomic E-state index is 13.1. The van der Waals surface area contributed by atoms with Crippen LogP contribution in [0.3, 0.4) is 0 Å². The predicted molar refractivity (Wildman–Crippen MR) is 157 cm³/mol. The van der Waals surface area contributed by atoms with Gasteiger partial charge in [-0.15, -0.1) is 0 Å². The zero-order valence-electron chi connectivity index (χ0n) is 23.2. The summed E-state index contributed by atoms with van der Waals surface area (Å²) in [6.07, 6.45) is 0. The van der Waals surface area contributed by atoms with Crippen LogP contribution in [0.25, 0.3) is 11.1 Å². The van der Waals surface area contributed by atoms with Crippen LogP contribution in [0.15, 0.2) is 84.9 Å². The van der Waals surface area contributed by atoms with E-state index in [0.717, 1.165) is 0 Å². The van der Waals surface area contributed by atoms with Crippen molar-refractivity contribution in [3.8, 4) is 11.1 Å². The summed E-state index contributed by atoms with van der Waals surface area (Å²) in [6.45, 7) is 0.